The molecule has 1 unspecified atom stereocenters. The van der Waals surface area contributed by atoms with Gasteiger partial charge in [0.25, 0.3) is 0 Å². The lowest BCUT2D eigenvalue weighted by molar-refractivity contribution is 0.0563. The Hall–Kier alpha value is -0.770. The third-order valence-corrected chi connectivity index (χ3v) is 4.65. The lowest BCUT2D eigenvalue weighted by Gasteiger charge is -2.31. The predicted molar refractivity (Wildman–Crippen MR) is 98.9 cm³/mol. The van der Waals surface area contributed by atoms with Crippen LogP contribution in [0.3, 0.4) is 0 Å². The third kappa shape index (κ3) is 6.33. The molecule has 1 saturated heterocycles. The average Bonchev–Trinajstić information content (AvgIpc) is 2.47. The van der Waals surface area contributed by atoms with E-state index in [4.69, 9.17) is 4.74 Å². The van der Waals surface area contributed by atoms with Crippen molar-refractivity contribution in [2.24, 2.45) is 5.92 Å². The minimum Gasteiger partial charge on any atom is -0.491 e. The molecule has 0 aliphatic carbocycles. The quantitative estimate of drug-likeness (QED) is 0.848. The molecule has 3 nitrogen and oxygen atoms in total. The van der Waals surface area contributed by atoms with Crippen LogP contribution in [0.5, 0.6) is 5.75 Å². The number of β-amino-alcohol motifs (C(OH)–C–C–N with tert-alkyl or cyclic N) is 1. The molecule has 1 aromatic rings. The molecule has 2 rings (SSSR count). The molecule has 4 heteroatoms. The second-order valence-corrected chi connectivity index (χ2v) is 7.12. The maximum absolute atomic E-state index is 10.2. The molecule has 0 spiro atoms. The van der Waals surface area contributed by atoms with Crippen molar-refractivity contribution in [2.75, 3.05) is 26.2 Å². The second-order valence-electron chi connectivity index (χ2n) is 7.12. The molecule has 0 radical (unpaired) electrons. The number of ether oxygens (including phenoxy) is 1. The van der Waals surface area contributed by atoms with Crippen LogP contribution in [0.15, 0.2) is 18.2 Å². The van der Waals surface area contributed by atoms with Crippen LogP contribution in [0.25, 0.3) is 0 Å². The lowest BCUT2D eigenvalue weighted by atomic mass is 9.98. The first-order valence-electron chi connectivity index (χ1n) is 8.59. The van der Waals surface area contributed by atoms with Crippen molar-refractivity contribution in [1.82, 2.24) is 4.90 Å². The van der Waals surface area contributed by atoms with Gasteiger partial charge in [-0.2, -0.15) is 0 Å². The van der Waals surface area contributed by atoms with E-state index in [-0.39, 0.29) is 12.4 Å². The molecule has 1 aliphatic rings. The molecule has 1 heterocycles. The lowest BCUT2D eigenvalue weighted by Crippen LogP contribution is -2.40. The monoisotopic (exact) mass is 341 g/mol. The highest BCUT2D eigenvalue weighted by Gasteiger charge is 2.18. The standard InChI is InChI=1S/C19H31NO2.ClH/c1-14(2)19-6-5-18(11-16(19)4)22-13-17(21)12-20-9-7-15(3)8-10-20;/h5-6,11,14-15,17,21H,7-10,12-13H2,1-4H3;1H. The number of halogens is 1. The normalized spacial score (nSPS) is 17.8. The van der Waals surface area contributed by atoms with E-state index in [1.165, 1.54) is 24.0 Å². The summed E-state index contributed by atoms with van der Waals surface area (Å²) in [5, 5.41) is 10.2. The van der Waals surface area contributed by atoms with E-state index in [0.717, 1.165) is 31.3 Å². The van der Waals surface area contributed by atoms with E-state index in [1.54, 1.807) is 0 Å². The van der Waals surface area contributed by atoms with Crippen LogP contribution in [0.2, 0.25) is 0 Å². The first-order valence-corrected chi connectivity index (χ1v) is 8.59. The summed E-state index contributed by atoms with van der Waals surface area (Å²) in [6, 6.07) is 6.22. The average molecular weight is 342 g/mol. The van der Waals surface area contributed by atoms with Gasteiger partial charge in [0.15, 0.2) is 0 Å². The Balaban J connectivity index is 0.00000264. The summed E-state index contributed by atoms with van der Waals surface area (Å²) in [6.45, 7) is 12.1. The van der Waals surface area contributed by atoms with E-state index < -0.39 is 6.10 Å². The molecule has 0 amide bonds. The van der Waals surface area contributed by atoms with Crippen LogP contribution in [0.1, 0.15) is 50.7 Å². The molecule has 0 aromatic heterocycles. The topological polar surface area (TPSA) is 32.7 Å². The molecule has 1 aromatic carbocycles. The number of benzene rings is 1. The van der Waals surface area contributed by atoms with Gasteiger partial charge in [-0.05, 0) is 68.0 Å². The van der Waals surface area contributed by atoms with Crippen molar-refractivity contribution in [1.29, 1.82) is 0 Å². The number of rotatable bonds is 6. The molecule has 1 aliphatic heterocycles. The number of hydrogen-bond acceptors (Lipinski definition) is 3. The highest BCUT2D eigenvalue weighted by molar-refractivity contribution is 5.85. The summed E-state index contributed by atoms with van der Waals surface area (Å²) in [6.07, 6.45) is 2.06. The number of nitrogens with zero attached hydrogens (tertiary/aromatic N) is 1. The number of hydrogen-bond donors (Lipinski definition) is 1. The van der Waals surface area contributed by atoms with Gasteiger partial charge < -0.3 is 14.7 Å². The Bertz CT molecular complexity index is 470. The van der Waals surface area contributed by atoms with Gasteiger partial charge in [0.05, 0.1) is 0 Å². The van der Waals surface area contributed by atoms with E-state index in [1.807, 2.05) is 6.07 Å². The van der Waals surface area contributed by atoms with Crippen molar-refractivity contribution in [2.45, 2.75) is 52.6 Å². The van der Waals surface area contributed by atoms with Crippen LogP contribution >= 0.6 is 12.4 Å². The summed E-state index contributed by atoms with van der Waals surface area (Å²) in [7, 11) is 0. The minimum absolute atomic E-state index is 0. The summed E-state index contributed by atoms with van der Waals surface area (Å²) in [5.41, 5.74) is 2.61. The smallest absolute Gasteiger partial charge is 0.119 e. The molecule has 1 atom stereocenters. The Morgan fingerprint density at radius 2 is 1.91 bits per heavy atom. The molecule has 0 bridgehead atoms. The van der Waals surface area contributed by atoms with Gasteiger partial charge >= 0.3 is 0 Å². The van der Waals surface area contributed by atoms with Crippen molar-refractivity contribution in [3.05, 3.63) is 29.3 Å². The number of likely N-dealkylation sites (tertiary alicyclic amines) is 1. The number of aryl methyl sites for hydroxylation is 1. The van der Waals surface area contributed by atoms with E-state index >= 15 is 0 Å². The first-order chi connectivity index (χ1) is 10.5. The Morgan fingerprint density at radius 1 is 1.26 bits per heavy atom. The second kappa shape index (κ2) is 9.51. The summed E-state index contributed by atoms with van der Waals surface area (Å²) >= 11 is 0. The molecule has 1 N–H and O–H groups in total. The van der Waals surface area contributed by atoms with Gasteiger partial charge in [-0.3, -0.25) is 0 Å². The molecule has 132 valence electrons. The predicted octanol–water partition coefficient (Wildman–Crippen LogP) is 4.01. The Morgan fingerprint density at radius 3 is 2.48 bits per heavy atom. The van der Waals surface area contributed by atoms with Crippen LogP contribution in [0.4, 0.5) is 0 Å². The fraction of sp³-hybridized carbons (Fsp3) is 0.684. The zero-order chi connectivity index (χ0) is 16.1. The van der Waals surface area contributed by atoms with Crippen LogP contribution < -0.4 is 4.74 Å². The van der Waals surface area contributed by atoms with Crippen LogP contribution in [-0.4, -0.2) is 42.4 Å². The fourth-order valence-electron chi connectivity index (χ4n) is 3.17. The Labute approximate surface area is 147 Å². The molecular weight excluding hydrogens is 310 g/mol. The highest BCUT2D eigenvalue weighted by atomic mass is 35.5. The number of piperidine rings is 1. The van der Waals surface area contributed by atoms with Gasteiger partial charge in [-0.1, -0.05) is 26.8 Å². The maximum atomic E-state index is 10.2. The van der Waals surface area contributed by atoms with E-state index in [0.29, 0.717) is 12.5 Å². The van der Waals surface area contributed by atoms with Crippen molar-refractivity contribution < 1.29 is 9.84 Å². The largest absolute Gasteiger partial charge is 0.491 e. The Kier molecular flexibility index (Phi) is 8.38. The molecular formula is C19H32ClNO2. The van der Waals surface area contributed by atoms with E-state index in [2.05, 4.69) is 44.7 Å². The SMILES string of the molecule is Cc1cc(OCC(O)CN2CCC(C)CC2)ccc1C(C)C.Cl. The summed E-state index contributed by atoms with van der Waals surface area (Å²) in [5.74, 6) is 2.21. The summed E-state index contributed by atoms with van der Waals surface area (Å²) < 4.78 is 5.77. The van der Waals surface area contributed by atoms with Gasteiger partial charge in [0.2, 0.25) is 0 Å². The first kappa shape index (κ1) is 20.3. The number of aliphatic hydroxyl groups excluding tert-OH is 1. The zero-order valence-corrected chi connectivity index (χ0v) is 15.7. The summed E-state index contributed by atoms with van der Waals surface area (Å²) in [4.78, 5) is 2.35. The third-order valence-electron chi connectivity index (χ3n) is 4.65. The van der Waals surface area contributed by atoms with Gasteiger partial charge in [0, 0.05) is 6.54 Å². The van der Waals surface area contributed by atoms with Crippen molar-refractivity contribution in [3.63, 3.8) is 0 Å². The number of aliphatic hydroxyl groups is 1. The molecule has 1 fully saturated rings. The zero-order valence-electron chi connectivity index (χ0n) is 14.9. The fourth-order valence-corrected chi connectivity index (χ4v) is 3.17. The van der Waals surface area contributed by atoms with Crippen LogP contribution in [0, 0.1) is 12.8 Å². The van der Waals surface area contributed by atoms with Crippen molar-refractivity contribution >= 4 is 12.4 Å². The van der Waals surface area contributed by atoms with Gasteiger partial charge in [-0.15, -0.1) is 12.4 Å². The maximum Gasteiger partial charge on any atom is 0.119 e. The molecule has 23 heavy (non-hydrogen) atoms. The van der Waals surface area contributed by atoms with Gasteiger partial charge in [-0.25, -0.2) is 0 Å². The highest BCUT2D eigenvalue weighted by Crippen LogP contribution is 2.23. The van der Waals surface area contributed by atoms with E-state index in [9.17, 15) is 5.11 Å². The van der Waals surface area contributed by atoms with Crippen LogP contribution in [-0.2, 0) is 0 Å². The van der Waals surface area contributed by atoms with Gasteiger partial charge in [0.1, 0.15) is 18.5 Å². The minimum atomic E-state index is -0.418. The van der Waals surface area contributed by atoms with Crippen molar-refractivity contribution in [3.8, 4) is 5.75 Å². The molecule has 0 saturated carbocycles.